The maximum Gasteiger partial charge on any atom is 0.128 e. The minimum absolute atomic E-state index is 0.0469. The second kappa shape index (κ2) is 5.04. The SMILES string of the molecule is CNC1CC2(CCCCC2)Oc2cc(OC)ccc21. The van der Waals surface area contributed by atoms with E-state index in [1.807, 2.05) is 19.2 Å². The molecule has 1 N–H and O–H groups in total. The molecule has 1 aliphatic heterocycles. The number of fused-ring (bicyclic) bond motifs is 1. The Morgan fingerprint density at radius 1 is 1.26 bits per heavy atom. The van der Waals surface area contributed by atoms with Crippen molar-refractivity contribution in [2.45, 2.75) is 50.2 Å². The van der Waals surface area contributed by atoms with E-state index in [-0.39, 0.29) is 5.60 Å². The van der Waals surface area contributed by atoms with Crippen LogP contribution < -0.4 is 14.8 Å². The summed E-state index contributed by atoms with van der Waals surface area (Å²) in [6.45, 7) is 0. The average molecular weight is 261 g/mol. The zero-order chi connectivity index (χ0) is 13.3. The molecule has 0 saturated heterocycles. The van der Waals surface area contributed by atoms with E-state index < -0.39 is 0 Å². The molecule has 1 atom stereocenters. The molecule has 1 saturated carbocycles. The van der Waals surface area contributed by atoms with Crippen LogP contribution in [0.25, 0.3) is 0 Å². The summed E-state index contributed by atoms with van der Waals surface area (Å²) in [4.78, 5) is 0. The van der Waals surface area contributed by atoms with Crippen LogP contribution in [0.15, 0.2) is 18.2 Å². The van der Waals surface area contributed by atoms with E-state index in [1.165, 1.54) is 37.7 Å². The molecular formula is C16H23NO2. The van der Waals surface area contributed by atoms with Gasteiger partial charge in [0.25, 0.3) is 0 Å². The molecule has 1 aromatic carbocycles. The first-order valence-corrected chi connectivity index (χ1v) is 7.30. The second-order valence-electron chi connectivity index (χ2n) is 5.79. The Hall–Kier alpha value is -1.22. The zero-order valence-corrected chi connectivity index (χ0v) is 11.9. The Morgan fingerprint density at radius 2 is 2.05 bits per heavy atom. The highest BCUT2D eigenvalue weighted by atomic mass is 16.5. The molecule has 104 valence electrons. The van der Waals surface area contributed by atoms with E-state index in [0.29, 0.717) is 6.04 Å². The van der Waals surface area contributed by atoms with Crippen LogP contribution in [-0.2, 0) is 0 Å². The highest BCUT2D eigenvalue weighted by Crippen LogP contribution is 2.46. The first-order chi connectivity index (χ1) is 9.26. The smallest absolute Gasteiger partial charge is 0.128 e. The lowest BCUT2D eigenvalue weighted by atomic mass is 9.77. The predicted octanol–water partition coefficient (Wildman–Crippen LogP) is 3.44. The summed E-state index contributed by atoms with van der Waals surface area (Å²) in [6.07, 6.45) is 7.37. The first kappa shape index (κ1) is 12.8. The van der Waals surface area contributed by atoms with Crippen molar-refractivity contribution in [2.75, 3.05) is 14.2 Å². The van der Waals surface area contributed by atoms with Crippen LogP contribution in [-0.4, -0.2) is 19.8 Å². The van der Waals surface area contributed by atoms with E-state index in [1.54, 1.807) is 7.11 Å². The summed E-state index contributed by atoms with van der Waals surface area (Å²) >= 11 is 0. The maximum absolute atomic E-state index is 6.41. The summed E-state index contributed by atoms with van der Waals surface area (Å²) in [5, 5.41) is 3.45. The number of hydrogen-bond acceptors (Lipinski definition) is 3. The molecule has 1 heterocycles. The third-order valence-electron chi connectivity index (χ3n) is 4.61. The van der Waals surface area contributed by atoms with Crippen molar-refractivity contribution in [1.29, 1.82) is 0 Å². The standard InChI is InChI=1S/C16H23NO2/c1-17-14-11-16(8-4-3-5-9-16)19-15-10-12(18-2)6-7-13(14)15/h6-7,10,14,17H,3-5,8-9,11H2,1-2H3. The Kier molecular flexibility index (Phi) is 3.40. The Morgan fingerprint density at radius 3 is 2.74 bits per heavy atom. The van der Waals surface area contributed by atoms with Gasteiger partial charge in [0.05, 0.1) is 7.11 Å². The molecule has 3 nitrogen and oxygen atoms in total. The van der Waals surface area contributed by atoms with E-state index in [4.69, 9.17) is 9.47 Å². The van der Waals surface area contributed by atoms with E-state index in [9.17, 15) is 0 Å². The lowest BCUT2D eigenvalue weighted by Gasteiger charge is -2.44. The van der Waals surface area contributed by atoms with Gasteiger partial charge >= 0.3 is 0 Å². The molecule has 3 rings (SSSR count). The van der Waals surface area contributed by atoms with E-state index in [0.717, 1.165) is 17.9 Å². The lowest BCUT2D eigenvalue weighted by molar-refractivity contribution is -0.00193. The average Bonchev–Trinajstić information content (AvgIpc) is 2.46. The van der Waals surface area contributed by atoms with Crippen molar-refractivity contribution < 1.29 is 9.47 Å². The van der Waals surface area contributed by atoms with Crippen LogP contribution in [0.4, 0.5) is 0 Å². The van der Waals surface area contributed by atoms with Crippen LogP contribution in [0.5, 0.6) is 11.5 Å². The molecular weight excluding hydrogens is 238 g/mol. The van der Waals surface area contributed by atoms with Crippen LogP contribution in [0.1, 0.15) is 50.1 Å². The predicted molar refractivity (Wildman–Crippen MR) is 75.9 cm³/mol. The van der Waals surface area contributed by atoms with Gasteiger partial charge in [-0.2, -0.15) is 0 Å². The minimum Gasteiger partial charge on any atom is -0.497 e. The third-order valence-corrected chi connectivity index (χ3v) is 4.61. The molecule has 1 unspecified atom stereocenters. The molecule has 0 aromatic heterocycles. The van der Waals surface area contributed by atoms with E-state index in [2.05, 4.69) is 11.4 Å². The number of nitrogens with one attached hydrogen (secondary N) is 1. The Bertz CT molecular complexity index is 452. The maximum atomic E-state index is 6.41. The van der Waals surface area contributed by atoms with Gasteiger partial charge in [0, 0.05) is 24.1 Å². The number of benzene rings is 1. The van der Waals surface area contributed by atoms with Gasteiger partial charge in [-0.05, 0) is 38.8 Å². The molecule has 0 bridgehead atoms. The normalized spacial score (nSPS) is 24.6. The summed E-state index contributed by atoms with van der Waals surface area (Å²) in [7, 11) is 3.75. The van der Waals surface area contributed by atoms with Crippen molar-refractivity contribution in [2.24, 2.45) is 0 Å². The van der Waals surface area contributed by atoms with Crippen LogP contribution in [0.3, 0.4) is 0 Å². The van der Waals surface area contributed by atoms with Crippen molar-refractivity contribution in [3.05, 3.63) is 23.8 Å². The van der Waals surface area contributed by atoms with Gasteiger partial charge in [-0.25, -0.2) is 0 Å². The fraction of sp³-hybridized carbons (Fsp3) is 0.625. The van der Waals surface area contributed by atoms with Crippen LogP contribution in [0, 0.1) is 0 Å². The quantitative estimate of drug-likeness (QED) is 0.884. The first-order valence-electron chi connectivity index (χ1n) is 7.30. The summed E-state index contributed by atoms with van der Waals surface area (Å²) in [5.41, 5.74) is 1.31. The Labute approximate surface area is 115 Å². The number of methoxy groups -OCH3 is 1. The second-order valence-corrected chi connectivity index (χ2v) is 5.79. The fourth-order valence-electron chi connectivity index (χ4n) is 3.53. The molecule has 1 aliphatic carbocycles. The van der Waals surface area contributed by atoms with Crippen molar-refractivity contribution in [1.82, 2.24) is 5.32 Å². The van der Waals surface area contributed by atoms with Crippen LogP contribution in [0.2, 0.25) is 0 Å². The van der Waals surface area contributed by atoms with Gasteiger partial charge in [0.2, 0.25) is 0 Å². The fourth-order valence-corrected chi connectivity index (χ4v) is 3.53. The molecule has 3 heteroatoms. The lowest BCUT2D eigenvalue weighted by Crippen LogP contribution is -2.45. The van der Waals surface area contributed by atoms with Crippen LogP contribution >= 0.6 is 0 Å². The van der Waals surface area contributed by atoms with Crippen molar-refractivity contribution >= 4 is 0 Å². The largest absolute Gasteiger partial charge is 0.497 e. The molecule has 0 amide bonds. The number of ether oxygens (including phenoxy) is 2. The van der Waals surface area contributed by atoms with Crippen molar-refractivity contribution in [3.63, 3.8) is 0 Å². The van der Waals surface area contributed by atoms with Gasteiger partial charge in [0.15, 0.2) is 0 Å². The highest BCUT2D eigenvalue weighted by Gasteiger charge is 2.41. The van der Waals surface area contributed by atoms with Gasteiger partial charge in [0.1, 0.15) is 17.1 Å². The topological polar surface area (TPSA) is 30.5 Å². The van der Waals surface area contributed by atoms with Crippen molar-refractivity contribution in [3.8, 4) is 11.5 Å². The summed E-state index contributed by atoms with van der Waals surface area (Å²) in [5.74, 6) is 1.88. The summed E-state index contributed by atoms with van der Waals surface area (Å²) in [6, 6.07) is 6.58. The molecule has 2 aliphatic rings. The highest BCUT2D eigenvalue weighted by molar-refractivity contribution is 5.44. The number of rotatable bonds is 2. The zero-order valence-electron chi connectivity index (χ0n) is 11.9. The molecule has 1 fully saturated rings. The monoisotopic (exact) mass is 261 g/mol. The van der Waals surface area contributed by atoms with Gasteiger partial charge in [-0.15, -0.1) is 0 Å². The molecule has 1 aromatic rings. The third kappa shape index (κ3) is 2.32. The van der Waals surface area contributed by atoms with E-state index >= 15 is 0 Å². The summed E-state index contributed by atoms with van der Waals surface area (Å²) < 4.78 is 11.7. The number of hydrogen-bond donors (Lipinski definition) is 1. The molecule has 1 spiro atoms. The van der Waals surface area contributed by atoms with Gasteiger partial charge < -0.3 is 14.8 Å². The Balaban J connectivity index is 1.95. The molecule has 0 radical (unpaired) electrons. The minimum atomic E-state index is 0.0469. The molecule has 19 heavy (non-hydrogen) atoms. The van der Waals surface area contributed by atoms with Gasteiger partial charge in [-0.3, -0.25) is 0 Å². The van der Waals surface area contributed by atoms with Gasteiger partial charge in [-0.1, -0.05) is 12.5 Å².